The van der Waals surface area contributed by atoms with Gasteiger partial charge in [-0.15, -0.1) is 0 Å². The minimum Gasteiger partial charge on any atom is -0.490 e. The van der Waals surface area contributed by atoms with E-state index in [0.29, 0.717) is 12.2 Å². The van der Waals surface area contributed by atoms with E-state index in [9.17, 15) is 9.18 Å². The van der Waals surface area contributed by atoms with Gasteiger partial charge in [-0.1, -0.05) is 0 Å². The molecule has 0 aromatic heterocycles. The predicted molar refractivity (Wildman–Crippen MR) is 56.5 cm³/mol. The van der Waals surface area contributed by atoms with Crippen LogP contribution < -0.4 is 4.74 Å². The first-order valence-electron chi connectivity index (χ1n) is 4.91. The zero-order valence-electron chi connectivity index (χ0n) is 9.21. The van der Waals surface area contributed by atoms with E-state index in [-0.39, 0.29) is 17.7 Å². The first-order chi connectivity index (χ1) is 6.99. The Bertz CT molecular complexity index is 361. The topological polar surface area (TPSA) is 26.3 Å². The molecule has 3 heteroatoms. The van der Waals surface area contributed by atoms with E-state index in [2.05, 4.69) is 0 Å². The van der Waals surface area contributed by atoms with Crippen molar-refractivity contribution >= 4 is 5.78 Å². The monoisotopic (exact) mass is 210 g/mol. The van der Waals surface area contributed by atoms with Crippen LogP contribution in [-0.4, -0.2) is 11.9 Å². The smallest absolute Gasteiger partial charge is 0.133 e. The Labute approximate surface area is 89.1 Å². The molecule has 0 N–H and O–H groups in total. The van der Waals surface area contributed by atoms with E-state index in [1.165, 1.54) is 19.1 Å². The van der Waals surface area contributed by atoms with Gasteiger partial charge in [-0.05, 0) is 44.5 Å². The molecule has 1 atom stereocenters. The number of carbonyl (C=O) groups excluding carboxylic acids is 1. The van der Waals surface area contributed by atoms with E-state index in [0.717, 1.165) is 5.56 Å². The summed E-state index contributed by atoms with van der Waals surface area (Å²) in [6.07, 6.45) is 0.197. The lowest BCUT2D eigenvalue weighted by atomic mass is 10.2. The predicted octanol–water partition coefficient (Wildman–Crippen LogP) is 2.88. The van der Waals surface area contributed by atoms with E-state index in [1.807, 2.05) is 6.92 Å². The average molecular weight is 210 g/mol. The third kappa shape index (κ3) is 3.70. The van der Waals surface area contributed by atoms with Gasteiger partial charge < -0.3 is 4.74 Å². The summed E-state index contributed by atoms with van der Waals surface area (Å²) in [6, 6.07) is 4.35. The zero-order chi connectivity index (χ0) is 11.4. The molecule has 0 saturated carbocycles. The molecule has 0 aliphatic carbocycles. The lowest BCUT2D eigenvalue weighted by Gasteiger charge is -2.15. The van der Waals surface area contributed by atoms with Crippen LogP contribution in [0.1, 0.15) is 25.8 Å². The van der Waals surface area contributed by atoms with Crippen LogP contribution in [0, 0.1) is 12.7 Å². The van der Waals surface area contributed by atoms with Gasteiger partial charge in [0.25, 0.3) is 0 Å². The van der Waals surface area contributed by atoms with Gasteiger partial charge in [-0.2, -0.15) is 0 Å². The summed E-state index contributed by atoms with van der Waals surface area (Å²) in [7, 11) is 0. The molecular formula is C12H15FO2. The molecular weight excluding hydrogens is 195 g/mol. The number of halogens is 1. The standard InChI is InChI=1S/C12H15FO2/c1-8-6-11(13)4-5-12(8)15-10(3)7-9(2)14/h4-6,10H,7H2,1-3H3. The number of Topliss-reactive ketones (excluding diaryl/α,β-unsaturated/α-hetero) is 1. The zero-order valence-corrected chi connectivity index (χ0v) is 9.21. The molecule has 15 heavy (non-hydrogen) atoms. The summed E-state index contributed by atoms with van der Waals surface area (Å²) in [4.78, 5) is 10.8. The van der Waals surface area contributed by atoms with Crippen molar-refractivity contribution in [3.05, 3.63) is 29.6 Å². The van der Waals surface area contributed by atoms with Crippen LogP contribution in [-0.2, 0) is 4.79 Å². The highest BCUT2D eigenvalue weighted by molar-refractivity contribution is 5.75. The minimum absolute atomic E-state index is 0.0854. The maximum absolute atomic E-state index is 12.8. The van der Waals surface area contributed by atoms with Crippen molar-refractivity contribution in [3.63, 3.8) is 0 Å². The van der Waals surface area contributed by atoms with Gasteiger partial charge in [-0.3, -0.25) is 4.79 Å². The Morgan fingerprint density at radius 3 is 2.73 bits per heavy atom. The lowest BCUT2D eigenvalue weighted by molar-refractivity contribution is -0.118. The number of benzene rings is 1. The largest absolute Gasteiger partial charge is 0.490 e. The Morgan fingerprint density at radius 2 is 2.20 bits per heavy atom. The van der Waals surface area contributed by atoms with Gasteiger partial charge in [0.05, 0.1) is 0 Å². The quantitative estimate of drug-likeness (QED) is 0.763. The van der Waals surface area contributed by atoms with Crippen LogP contribution in [0.4, 0.5) is 4.39 Å². The summed E-state index contributed by atoms with van der Waals surface area (Å²) in [5.41, 5.74) is 0.741. The van der Waals surface area contributed by atoms with E-state index in [1.54, 1.807) is 13.0 Å². The number of ether oxygens (including phenoxy) is 1. The van der Waals surface area contributed by atoms with Crippen molar-refractivity contribution in [1.29, 1.82) is 0 Å². The number of carbonyl (C=O) groups is 1. The van der Waals surface area contributed by atoms with Crippen molar-refractivity contribution in [2.45, 2.75) is 33.3 Å². The summed E-state index contributed by atoms with van der Waals surface area (Å²) < 4.78 is 18.3. The fourth-order valence-electron chi connectivity index (χ4n) is 1.41. The Kier molecular flexibility index (Phi) is 3.83. The molecule has 0 radical (unpaired) electrons. The molecule has 0 saturated heterocycles. The molecule has 0 aliphatic rings. The second kappa shape index (κ2) is 4.91. The van der Waals surface area contributed by atoms with Crippen LogP contribution in [0.15, 0.2) is 18.2 Å². The van der Waals surface area contributed by atoms with Crippen molar-refractivity contribution in [1.82, 2.24) is 0 Å². The first-order valence-corrected chi connectivity index (χ1v) is 4.91. The first kappa shape index (κ1) is 11.7. The minimum atomic E-state index is -0.279. The van der Waals surface area contributed by atoms with Gasteiger partial charge in [-0.25, -0.2) is 4.39 Å². The number of aryl methyl sites for hydroxylation is 1. The van der Waals surface area contributed by atoms with Crippen LogP contribution >= 0.6 is 0 Å². The third-order valence-electron chi connectivity index (χ3n) is 2.04. The maximum atomic E-state index is 12.8. The highest BCUT2D eigenvalue weighted by Gasteiger charge is 2.08. The lowest BCUT2D eigenvalue weighted by Crippen LogP contribution is -2.15. The highest BCUT2D eigenvalue weighted by Crippen LogP contribution is 2.20. The normalized spacial score (nSPS) is 12.3. The molecule has 0 aliphatic heterocycles. The van der Waals surface area contributed by atoms with E-state index < -0.39 is 0 Å². The maximum Gasteiger partial charge on any atom is 0.133 e. The fraction of sp³-hybridized carbons (Fsp3) is 0.417. The Balaban J connectivity index is 2.68. The average Bonchev–Trinajstić information content (AvgIpc) is 2.08. The second-order valence-corrected chi connectivity index (χ2v) is 3.74. The number of hydrogen-bond donors (Lipinski definition) is 0. The number of ketones is 1. The van der Waals surface area contributed by atoms with E-state index in [4.69, 9.17) is 4.74 Å². The van der Waals surface area contributed by atoms with Crippen LogP contribution in [0.3, 0.4) is 0 Å². The molecule has 1 rings (SSSR count). The molecule has 2 nitrogen and oxygen atoms in total. The molecule has 1 aromatic rings. The molecule has 1 aromatic carbocycles. The molecule has 0 spiro atoms. The van der Waals surface area contributed by atoms with Gasteiger partial charge in [0.15, 0.2) is 0 Å². The third-order valence-corrected chi connectivity index (χ3v) is 2.04. The molecule has 82 valence electrons. The van der Waals surface area contributed by atoms with Crippen LogP contribution in [0.5, 0.6) is 5.75 Å². The van der Waals surface area contributed by atoms with Crippen molar-refractivity contribution in [2.24, 2.45) is 0 Å². The van der Waals surface area contributed by atoms with Gasteiger partial charge in [0, 0.05) is 6.42 Å². The molecule has 0 amide bonds. The highest BCUT2D eigenvalue weighted by atomic mass is 19.1. The van der Waals surface area contributed by atoms with Crippen molar-refractivity contribution in [3.8, 4) is 5.75 Å². The number of rotatable bonds is 4. The summed E-state index contributed by atoms with van der Waals surface area (Å²) in [6.45, 7) is 5.13. The Morgan fingerprint density at radius 1 is 1.53 bits per heavy atom. The van der Waals surface area contributed by atoms with Gasteiger partial charge in [0.1, 0.15) is 23.5 Å². The van der Waals surface area contributed by atoms with Crippen LogP contribution in [0.25, 0.3) is 0 Å². The molecule has 0 bridgehead atoms. The summed E-state index contributed by atoms with van der Waals surface area (Å²) >= 11 is 0. The SMILES string of the molecule is CC(=O)CC(C)Oc1ccc(F)cc1C. The second-order valence-electron chi connectivity index (χ2n) is 3.74. The van der Waals surface area contributed by atoms with Crippen molar-refractivity contribution < 1.29 is 13.9 Å². The fourth-order valence-corrected chi connectivity index (χ4v) is 1.41. The summed E-state index contributed by atoms with van der Waals surface area (Å²) in [5, 5.41) is 0. The van der Waals surface area contributed by atoms with Gasteiger partial charge >= 0.3 is 0 Å². The molecule has 1 unspecified atom stereocenters. The van der Waals surface area contributed by atoms with E-state index >= 15 is 0 Å². The van der Waals surface area contributed by atoms with Gasteiger partial charge in [0.2, 0.25) is 0 Å². The summed E-state index contributed by atoms with van der Waals surface area (Å²) in [5.74, 6) is 0.437. The Hall–Kier alpha value is -1.38. The molecule has 0 fully saturated rings. The van der Waals surface area contributed by atoms with Crippen molar-refractivity contribution in [2.75, 3.05) is 0 Å². The molecule has 0 heterocycles. The number of hydrogen-bond acceptors (Lipinski definition) is 2. The van der Waals surface area contributed by atoms with Crippen LogP contribution in [0.2, 0.25) is 0 Å².